The van der Waals surface area contributed by atoms with E-state index >= 15 is 0 Å². The fourth-order valence-corrected chi connectivity index (χ4v) is 1.75. The van der Waals surface area contributed by atoms with E-state index in [0.717, 1.165) is 24.8 Å². The Morgan fingerprint density at radius 3 is 2.20 bits per heavy atom. The zero-order chi connectivity index (χ0) is 11.1. The van der Waals surface area contributed by atoms with Gasteiger partial charge in [-0.1, -0.05) is 24.3 Å². The van der Waals surface area contributed by atoms with Gasteiger partial charge in [0.1, 0.15) is 0 Å². The Labute approximate surface area is 91.1 Å². The zero-order valence-electron chi connectivity index (χ0n) is 9.46. The van der Waals surface area contributed by atoms with Crippen LogP contribution in [-0.2, 0) is 12.0 Å². The Morgan fingerprint density at radius 2 is 1.80 bits per heavy atom. The van der Waals surface area contributed by atoms with E-state index in [1.165, 1.54) is 5.56 Å². The summed E-state index contributed by atoms with van der Waals surface area (Å²) < 4.78 is 0. The summed E-state index contributed by atoms with van der Waals surface area (Å²) in [7, 11) is 0. The summed E-state index contributed by atoms with van der Waals surface area (Å²) in [6, 6.07) is 8.25. The molecule has 0 radical (unpaired) electrons. The monoisotopic (exact) mass is 205 g/mol. The normalized spacial score (nSPS) is 18.9. The molecule has 3 N–H and O–H groups in total. The van der Waals surface area contributed by atoms with Crippen LogP contribution < -0.4 is 5.73 Å². The zero-order valence-corrected chi connectivity index (χ0v) is 9.46. The van der Waals surface area contributed by atoms with E-state index in [1.54, 1.807) is 0 Å². The van der Waals surface area contributed by atoms with Gasteiger partial charge >= 0.3 is 0 Å². The predicted molar refractivity (Wildman–Crippen MR) is 61.5 cm³/mol. The Balaban J connectivity index is 2.10. The molecule has 0 unspecified atom stereocenters. The lowest BCUT2D eigenvalue weighted by molar-refractivity contribution is 0.151. The maximum absolute atomic E-state index is 9.79. The molecule has 1 aromatic rings. The molecule has 0 heterocycles. The van der Waals surface area contributed by atoms with Gasteiger partial charge in [-0.3, -0.25) is 0 Å². The molecule has 0 amide bonds. The Hall–Kier alpha value is -0.860. The lowest BCUT2D eigenvalue weighted by Crippen LogP contribution is -2.28. The van der Waals surface area contributed by atoms with Gasteiger partial charge < -0.3 is 10.8 Å². The smallest absolute Gasteiger partial charge is 0.0690 e. The first-order valence-corrected chi connectivity index (χ1v) is 5.50. The average Bonchev–Trinajstić information content (AvgIpc) is 2.82. The minimum atomic E-state index is -0.403. The molecule has 1 aliphatic rings. The van der Waals surface area contributed by atoms with Crippen molar-refractivity contribution in [1.82, 2.24) is 0 Å². The van der Waals surface area contributed by atoms with Crippen molar-refractivity contribution >= 4 is 0 Å². The third-order valence-electron chi connectivity index (χ3n) is 3.06. The second-order valence-electron chi connectivity index (χ2n) is 5.32. The summed E-state index contributed by atoms with van der Waals surface area (Å²) in [5.74, 6) is 0. The van der Waals surface area contributed by atoms with E-state index in [4.69, 9.17) is 5.73 Å². The van der Waals surface area contributed by atoms with Gasteiger partial charge in [0.05, 0.1) is 5.60 Å². The summed E-state index contributed by atoms with van der Waals surface area (Å²) in [6.45, 7) is 3.99. The summed E-state index contributed by atoms with van der Waals surface area (Å²) in [5, 5.41) is 9.79. The molecule has 0 saturated heterocycles. The minimum absolute atomic E-state index is 0.283. The second-order valence-corrected chi connectivity index (χ2v) is 5.32. The van der Waals surface area contributed by atoms with Crippen molar-refractivity contribution in [3.8, 4) is 0 Å². The maximum atomic E-state index is 9.79. The summed E-state index contributed by atoms with van der Waals surface area (Å²) in [4.78, 5) is 0. The largest absolute Gasteiger partial charge is 0.390 e. The van der Waals surface area contributed by atoms with Crippen LogP contribution in [0.2, 0.25) is 0 Å². The molecule has 0 spiro atoms. The van der Waals surface area contributed by atoms with Gasteiger partial charge in [0.2, 0.25) is 0 Å². The number of hydrogen-bond donors (Lipinski definition) is 2. The van der Waals surface area contributed by atoms with Crippen LogP contribution in [0, 0.1) is 0 Å². The molecule has 2 rings (SSSR count). The molecule has 0 aliphatic heterocycles. The lowest BCUT2D eigenvalue weighted by atomic mass is 9.94. The molecule has 0 atom stereocenters. The average molecular weight is 205 g/mol. The van der Waals surface area contributed by atoms with Crippen molar-refractivity contribution in [3.05, 3.63) is 35.4 Å². The lowest BCUT2D eigenvalue weighted by Gasteiger charge is -2.19. The Bertz CT molecular complexity index is 344. The van der Waals surface area contributed by atoms with Crippen molar-refractivity contribution in [2.45, 2.75) is 44.2 Å². The van der Waals surface area contributed by atoms with Crippen LogP contribution in [0.25, 0.3) is 0 Å². The first-order chi connectivity index (χ1) is 6.89. The SMILES string of the molecule is CC(C)(N)c1ccc(CC2(O)CC2)cc1. The third kappa shape index (κ3) is 2.58. The van der Waals surface area contributed by atoms with Crippen LogP contribution >= 0.6 is 0 Å². The van der Waals surface area contributed by atoms with E-state index in [2.05, 4.69) is 24.3 Å². The number of aliphatic hydroxyl groups is 1. The van der Waals surface area contributed by atoms with E-state index in [0.29, 0.717) is 0 Å². The highest BCUT2D eigenvalue weighted by atomic mass is 16.3. The fourth-order valence-electron chi connectivity index (χ4n) is 1.75. The van der Waals surface area contributed by atoms with Crippen LogP contribution in [0.15, 0.2) is 24.3 Å². The molecular formula is C13H19NO. The summed E-state index contributed by atoms with van der Waals surface area (Å²) >= 11 is 0. The van der Waals surface area contributed by atoms with Crippen LogP contribution in [0.1, 0.15) is 37.8 Å². The van der Waals surface area contributed by atoms with Crippen molar-refractivity contribution in [2.75, 3.05) is 0 Å². The molecule has 1 aliphatic carbocycles. The quantitative estimate of drug-likeness (QED) is 0.792. The number of nitrogens with two attached hydrogens (primary N) is 1. The Morgan fingerprint density at radius 1 is 1.27 bits per heavy atom. The summed E-state index contributed by atoms with van der Waals surface area (Å²) in [5.41, 5.74) is 7.64. The van der Waals surface area contributed by atoms with Crippen molar-refractivity contribution in [2.24, 2.45) is 5.73 Å². The van der Waals surface area contributed by atoms with Crippen LogP contribution in [-0.4, -0.2) is 10.7 Å². The fraction of sp³-hybridized carbons (Fsp3) is 0.538. The molecule has 2 nitrogen and oxygen atoms in total. The third-order valence-corrected chi connectivity index (χ3v) is 3.06. The molecule has 15 heavy (non-hydrogen) atoms. The minimum Gasteiger partial charge on any atom is -0.390 e. The molecular weight excluding hydrogens is 186 g/mol. The Kier molecular flexibility index (Phi) is 2.36. The molecule has 2 heteroatoms. The topological polar surface area (TPSA) is 46.2 Å². The predicted octanol–water partition coefficient (Wildman–Crippen LogP) is 1.95. The number of rotatable bonds is 3. The molecule has 1 fully saturated rings. The summed E-state index contributed by atoms with van der Waals surface area (Å²) in [6.07, 6.45) is 2.66. The van der Waals surface area contributed by atoms with Crippen LogP contribution in [0.5, 0.6) is 0 Å². The molecule has 0 bridgehead atoms. The van der Waals surface area contributed by atoms with Gasteiger partial charge in [0.25, 0.3) is 0 Å². The van der Waals surface area contributed by atoms with Gasteiger partial charge in [-0.15, -0.1) is 0 Å². The van der Waals surface area contributed by atoms with E-state index in [9.17, 15) is 5.11 Å². The first kappa shape index (κ1) is 10.7. The molecule has 82 valence electrons. The van der Waals surface area contributed by atoms with Gasteiger partial charge in [0.15, 0.2) is 0 Å². The van der Waals surface area contributed by atoms with E-state index < -0.39 is 5.60 Å². The van der Waals surface area contributed by atoms with Crippen molar-refractivity contribution in [3.63, 3.8) is 0 Å². The molecule has 1 aromatic carbocycles. The van der Waals surface area contributed by atoms with Crippen LogP contribution in [0.4, 0.5) is 0 Å². The van der Waals surface area contributed by atoms with Gasteiger partial charge in [-0.25, -0.2) is 0 Å². The van der Waals surface area contributed by atoms with Gasteiger partial charge in [-0.05, 0) is 37.8 Å². The number of benzene rings is 1. The van der Waals surface area contributed by atoms with Crippen molar-refractivity contribution < 1.29 is 5.11 Å². The van der Waals surface area contributed by atoms with Crippen LogP contribution in [0.3, 0.4) is 0 Å². The standard InChI is InChI=1S/C13H19NO/c1-12(2,14)11-5-3-10(4-6-11)9-13(15)7-8-13/h3-6,15H,7-9,14H2,1-2H3. The van der Waals surface area contributed by atoms with E-state index in [1.807, 2.05) is 13.8 Å². The van der Waals surface area contributed by atoms with Gasteiger partial charge in [0, 0.05) is 12.0 Å². The maximum Gasteiger partial charge on any atom is 0.0690 e. The highest BCUT2D eigenvalue weighted by Gasteiger charge is 2.39. The molecule has 1 saturated carbocycles. The molecule has 0 aromatic heterocycles. The first-order valence-electron chi connectivity index (χ1n) is 5.50. The highest BCUT2D eigenvalue weighted by Crippen LogP contribution is 2.38. The van der Waals surface area contributed by atoms with E-state index in [-0.39, 0.29) is 5.54 Å². The second kappa shape index (κ2) is 3.32. The number of hydrogen-bond acceptors (Lipinski definition) is 2. The van der Waals surface area contributed by atoms with Gasteiger partial charge in [-0.2, -0.15) is 0 Å². The highest BCUT2D eigenvalue weighted by molar-refractivity contribution is 5.28. The van der Waals surface area contributed by atoms with Crippen molar-refractivity contribution in [1.29, 1.82) is 0 Å².